The van der Waals surface area contributed by atoms with Crippen LogP contribution < -0.4 is 0 Å². The first-order chi connectivity index (χ1) is 12.3. The summed E-state index contributed by atoms with van der Waals surface area (Å²) in [5.74, 6) is 0.740. The van der Waals surface area contributed by atoms with Gasteiger partial charge in [0.2, 0.25) is 0 Å². The summed E-state index contributed by atoms with van der Waals surface area (Å²) in [6.07, 6.45) is 1.70. The summed E-state index contributed by atoms with van der Waals surface area (Å²) in [4.78, 5) is 8.76. The van der Waals surface area contributed by atoms with Gasteiger partial charge < -0.3 is 0 Å². The Hall–Kier alpha value is -3.33. The molecule has 0 aliphatic rings. The second kappa shape index (κ2) is 7.97. The van der Waals surface area contributed by atoms with Gasteiger partial charge in [-0.1, -0.05) is 84.9 Å². The molecule has 0 spiro atoms. The minimum Gasteiger partial charge on any atom is -0.282 e. The lowest BCUT2D eigenvalue weighted by Gasteiger charge is -2.05. The molecule has 0 heterocycles. The predicted molar refractivity (Wildman–Crippen MR) is 106 cm³/mol. The number of hydrogen-bond donors (Lipinski definition) is 1. The summed E-state index contributed by atoms with van der Waals surface area (Å²) in [5.41, 5.74) is 3.97. The van der Waals surface area contributed by atoms with Gasteiger partial charge in [-0.25, -0.2) is 9.98 Å². The standard InChI is InChI=1S/C22H19N3/c1-2-24-22(25-21(23)19-11-7-4-8-12-19)20-15-13-18(14-16-20)17-9-5-3-6-10-17/h2-16,23H,1H3. The lowest BCUT2D eigenvalue weighted by Crippen LogP contribution is -2.04. The van der Waals surface area contributed by atoms with Crippen LogP contribution in [0.2, 0.25) is 0 Å². The second-order valence-electron chi connectivity index (χ2n) is 5.48. The Morgan fingerprint density at radius 2 is 1.28 bits per heavy atom. The molecule has 0 aliphatic carbocycles. The third-order valence-corrected chi connectivity index (χ3v) is 3.77. The molecule has 0 fully saturated rings. The highest BCUT2D eigenvalue weighted by Gasteiger charge is 2.06. The number of benzene rings is 3. The van der Waals surface area contributed by atoms with Gasteiger partial charge in [-0.15, -0.1) is 0 Å². The van der Waals surface area contributed by atoms with Crippen LogP contribution >= 0.6 is 0 Å². The van der Waals surface area contributed by atoms with Crippen molar-refractivity contribution >= 4 is 17.9 Å². The first-order valence-corrected chi connectivity index (χ1v) is 8.15. The van der Waals surface area contributed by atoms with Crippen LogP contribution in [0.1, 0.15) is 18.1 Å². The Kier molecular flexibility index (Phi) is 5.27. The average Bonchev–Trinajstić information content (AvgIpc) is 2.69. The topological polar surface area (TPSA) is 48.6 Å². The Balaban J connectivity index is 1.91. The van der Waals surface area contributed by atoms with E-state index in [2.05, 4.69) is 34.3 Å². The third-order valence-electron chi connectivity index (χ3n) is 3.77. The van der Waals surface area contributed by atoms with Crippen molar-refractivity contribution in [2.75, 3.05) is 0 Å². The molecule has 0 saturated heterocycles. The number of rotatable bonds is 3. The molecule has 0 aromatic heterocycles. The van der Waals surface area contributed by atoms with Crippen LogP contribution in [0.25, 0.3) is 11.1 Å². The summed E-state index contributed by atoms with van der Waals surface area (Å²) >= 11 is 0. The Labute approximate surface area is 147 Å². The highest BCUT2D eigenvalue weighted by Crippen LogP contribution is 2.20. The molecule has 0 amide bonds. The van der Waals surface area contributed by atoms with E-state index in [1.54, 1.807) is 6.21 Å². The normalized spacial score (nSPS) is 11.6. The van der Waals surface area contributed by atoms with E-state index < -0.39 is 0 Å². The van der Waals surface area contributed by atoms with Crippen molar-refractivity contribution in [1.29, 1.82) is 5.41 Å². The number of amidine groups is 2. The molecule has 0 unspecified atom stereocenters. The third kappa shape index (κ3) is 4.15. The quantitative estimate of drug-likeness (QED) is 0.507. The molecule has 3 nitrogen and oxygen atoms in total. The van der Waals surface area contributed by atoms with Crippen LogP contribution in [0.3, 0.4) is 0 Å². The molecule has 122 valence electrons. The van der Waals surface area contributed by atoms with Crippen molar-refractivity contribution in [3.63, 3.8) is 0 Å². The Bertz CT molecular complexity index is 893. The molecule has 1 N–H and O–H groups in total. The van der Waals surface area contributed by atoms with E-state index in [-0.39, 0.29) is 5.84 Å². The lowest BCUT2D eigenvalue weighted by molar-refractivity contribution is 1.40. The van der Waals surface area contributed by atoms with Crippen LogP contribution in [0.4, 0.5) is 0 Å². The zero-order valence-electron chi connectivity index (χ0n) is 14.1. The maximum absolute atomic E-state index is 8.20. The van der Waals surface area contributed by atoms with Crippen molar-refractivity contribution in [2.24, 2.45) is 9.98 Å². The van der Waals surface area contributed by atoms with Gasteiger partial charge in [-0.05, 0) is 18.1 Å². The smallest absolute Gasteiger partial charge is 0.161 e. The van der Waals surface area contributed by atoms with Gasteiger partial charge in [0.1, 0.15) is 0 Å². The van der Waals surface area contributed by atoms with E-state index in [1.807, 2.05) is 67.6 Å². The first-order valence-electron chi connectivity index (χ1n) is 8.15. The van der Waals surface area contributed by atoms with Crippen molar-refractivity contribution in [2.45, 2.75) is 6.92 Å². The summed E-state index contributed by atoms with van der Waals surface area (Å²) in [7, 11) is 0. The monoisotopic (exact) mass is 325 g/mol. The van der Waals surface area contributed by atoms with Gasteiger partial charge >= 0.3 is 0 Å². The maximum atomic E-state index is 8.20. The highest BCUT2D eigenvalue weighted by atomic mass is 14.9. The molecule has 3 aromatic carbocycles. The molecule has 3 aromatic rings. The summed E-state index contributed by atoms with van der Waals surface area (Å²) in [6.45, 7) is 1.85. The van der Waals surface area contributed by atoms with E-state index in [9.17, 15) is 0 Å². The minimum absolute atomic E-state index is 0.202. The largest absolute Gasteiger partial charge is 0.282 e. The molecule has 0 saturated carbocycles. The fraction of sp³-hybridized carbons (Fsp3) is 0.0455. The molecular formula is C22H19N3. The van der Waals surface area contributed by atoms with E-state index >= 15 is 0 Å². The molecule has 0 radical (unpaired) electrons. The zero-order valence-corrected chi connectivity index (χ0v) is 14.1. The van der Waals surface area contributed by atoms with Crippen LogP contribution in [-0.4, -0.2) is 17.9 Å². The Morgan fingerprint density at radius 3 is 1.88 bits per heavy atom. The van der Waals surface area contributed by atoms with Crippen LogP contribution in [0, 0.1) is 5.41 Å². The summed E-state index contributed by atoms with van der Waals surface area (Å²) < 4.78 is 0. The molecule has 0 aliphatic heterocycles. The number of nitrogens with one attached hydrogen (secondary N) is 1. The van der Waals surface area contributed by atoms with E-state index in [0.717, 1.165) is 16.7 Å². The van der Waals surface area contributed by atoms with E-state index in [1.165, 1.54) is 5.56 Å². The first kappa shape index (κ1) is 16.5. The van der Waals surface area contributed by atoms with Gasteiger partial charge in [-0.3, -0.25) is 5.41 Å². The maximum Gasteiger partial charge on any atom is 0.161 e. The van der Waals surface area contributed by atoms with Crippen LogP contribution in [-0.2, 0) is 0 Å². The van der Waals surface area contributed by atoms with Gasteiger partial charge in [0.25, 0.3) is 0 Å². The fourth-order valence-electron chi connectivity index (χ4n) is 2.50. The molecule has 3 heteroatoms. The fourth-order valence-corrected chi connectivity index (χ4v) is 2.50. The molecule has 0 atom stereocenters. The summed E-state index contributed by atoms with van der Waals surface area (Å²) in [6, 6.07) is 27.8. The van der Waals surface area contributed by atoms with Crippen molar-refractivity contribution < 1.29 is 0 Å². The lowest BCUT2D eigenvalue weighted by atomic mass is 10.0. The van der Waals surface area contributed by atoms with Gasteiger partial charge in [0.15, 0.2) is 11.7 Å². The predicted octanol–water partition coefficient (Wildman–Crippen LogP) is 5.22. The number of aliphatic imine (C=N–C) groups is 2. The van der Waals surface area contributed by atoms with Gasteiger partial charge in [0, 0.05) is 17.3 Å². The van der Waals surface area contributed by atoms with E-state index in [0.29, 0.717) is 5.84 Å². The van der Waals surface area contributed by atoms with Crippen LogP contribution in [0.5, 0.6) is 0 Å². The SMILES string of the molecule is CC=NC(=NC(=N)c1ccccc1)c1ccc(-c2ccccc2)cc1. The van der Waals surface area contributed by atoms with Crippen molar-refractivity contribution in [3.05, 3.63) is 96.1 Å². The highest BCUT2D eigenvalue weighted by molar-refractivity contribution is 6.12. The number of nitrogens with zero attached hydrogens (tertiary/aromatic N) is 2. The van der Waals surface area contributed by atoms with Gasteiger partial charge in [0.05, 0.1) is 0 Å². The minimum atomic E-state index is 0.202. The zero-order chi connectivity index (χ0) is 17.5. The average molecular weight is 325 g/mol. The second-order valence-corrected chi connectivity index (χ2v) is 5.48. The van der Waals surface area contributed by atoms with E-state index in [4.69, 9.17) is 5.41 Å². The number of hydrogen-bond acceptors (Lipinski definition) is 1. The molecule has 25 heavy (non-hydrogen) atoms. The van der Waals surface area contributed by atoms with Crippen molar-refractivity contribution in [3.8, 4) is 11.1 Å². The molecular weight excluding hydrogens is 306 g/mol. The molecule has 3 rings (SSSR count). The van der Waals surface area contributed by atoms with Crippen molar-refractivity contribution in [1.82, 2.24) is 0 Å². The van der Waals surface area contributed by atoms with Gasteiger partial charge in [-0.2, -0.15) is 0 Å². The van der Waals surface area contributed by atoms with Crippen LogP contribution in [0.15, 0.2) is 94.9 Å². The molecule has 0 bridgehead atoms. The summed E-state index contributed by atoms with van der Waals surface area (Å²) in [5, 5.41) is 8.20. The Morgan fingerprint density at radius 1 is 0.720 bits per heavy atom.